The van der Waals surface area contributed by atoms with Crippen molar-refractivity contribution >= 4 is 11.9 Å². The monoisotopic (exact) mass is 451 g/mol. The lowest BCUT2D eigenvalue weighted by molar-refractivity contribution is -0.133. The molecule has 2 aliphatic heterocycles. The van der Waals surface area contributed by atoms with Crippen LogP contribution in [0.25, 0.3) is 0 Å². The summed E-state index contributed by atoms with van der Waals surface area (Å²) in [6, 6.07) is 11.1. The van der Waals surface area contributed by atoms with Gasteiger partial charge in [0.05, 0.1) is 27.0 Å². The van der Waals surface area contributed by atoms with Gasteiger partial charge in [0.25, 0.3) is 5.91 Å². The summed E-state index contributed by atoms with van der Waals surface area (Å²) >= 11 is 0. The number of β-amino-alcohol motifs (C(OH)–C–C–N with tert-alkyl or cyclic N) is 1. The Hall–Kier alpha value is -3.10. The Morgan fingerprint density at radius 1 is 1.09 bits per heavy atom. The number of carbonyl (C=O) groups excluding carboxylic acids is 2. The van der Waals surface area contributed by atoms with E-state index in [1.54, 1.807) is 26.4 Å². The van der Waals surface area contributed by atoms with E-state index in [4.69, 9.17) is 9.47 Å². The summed E-state index contributed by atoms with van der Waals surface area (Å²) in [5, 5.41) is 13.9. The number of carbonyl (C=O) groups is 2. The van der Waals surface area contributed by atoms with Gasteiger partial charge in [-0.2, -0.15) is 0 Å². The molecule has 1 saturated heterocycles. The van der Waals surface area contributed by atoms with E-state index in [1.165, 1.54) is 4.90 Å². The number of benzene rings is 2. The molecule has 0 radical (unpaired) electrons. The maximum absolute atomic E-state index is 13.7. The number of methoxy groups -OCH3 is 2. The van der Waals surface area contributed by atoms with Crippen LogP contribution in [-0.2, 0) is 23.3 Å². The molecule has 0 bridgehead atoms. The van der Waals surface area contributed by atoms with Crippen LogP contribution in [0, 0.1) is 0 Å². The number of urea groups is 1. The lowest BCUT2D eigenvalue weighted by Gasteiger charge is -2.35. The molecule has 0 aromatic heterocycles. The van der Waals surface area contributed by atoms with Crippen LogP contribution in [0.15, 0.2) is 36.4 Å². The minimum Gasteiger partial charge on any atom is -0.496 e. The standard InChI is InChI=1S/C25H29N3O5/c1-32-20-10-11-21(33-2)22-17(20)13-27(14-19(22)29)15-28-23(30)25(26-24(28)31)12-6-5-8-16-7-3-4-9-18(16)25/h3-4,7,9-11,19,29H,5-6,8,12-15H2,1-2H3,(H,26,31). The molecule has 2 aromatic rings. The molecule has 33 heavy (non-hydrogen) atoms. The van der Waals surface area contributed by atoms with Crippen molar-refractivity contribution in [3.8, 4) is 11.5 Å². The van der Waals surface area contributed by atoms with Gasteiger partial charge in [-0.25, -0.2) is 9.69 Å². The van der Waals surface area contributed by atoms with E-state index in [0.717, 1.165) is 36.0 Å². The third-order valence-electron chi connectivity index (χ3n) is 7.10. The van der Waals surface area contributed by atoms with Crippen LogP contribution in [0.1, 0.15) is 47.6 Å². The zero-order chi connectivity index (χ0) is 23.2. The van der Waals surface area contributed by atoms with E-state index >= 15 is 0 Å². The van der Waals surface area contributed by atoms with Crippen molar-refractivity contribution in [2.75, 3.05) is 27.4 Å². The Labute approximate surface area is 193 Å². The molecule has 2 aromatic carbocycles. The number of fused-ring (bicyclic) bond motifs is 3. The number of aryl methyl sites for hydroxylation is 1. The fraction of sp³-hybridized carbons (Fsp3) is 0.440. The van der Waals surface area contributed by atoms with Gasteiger partial charge in [0, 0.05) is 24.2 Å². The van der Waals surface area contributed by atoms with Crippen LogP contribution in [0.5, 0.6) is 11.5 Å². The maximum Gasteiger partial charge on any atom is 0.326 e. The van der Waals surface area contributed by atoms with Gasteiger partial charge in [0.15, 0.2) is 0 Å². The van der Waals surface area contributed by atoms with Crippen LogP contribution in [0.2, 0.25) is 0 Å². The van der Waals surface area contributed by atoms with E-state index in [2.05, 4.69) is 5.32 Å². The second-order valence-electron chi connectivity index (χ2n) is 8.96. The highest BCUT2D eigenvalue weighted by Gasteiger charge is 2.53. The van der Waals surface area contributed by atoms with Crippen molar-refractivity contribution in [1.29, 1.82) is 0 Å². The first-order valence-corrected chi connectivity index (χ1v) is 11.3. The number of hydrogen-bond acceptors (Lipinski definition) is 6. The van der Waals surface area contributed by atoms with Crippen LogP contribution < -0.4 is 14.8 Å². The molecule has 1 spiro atoms. The van der Waals surface area contributed by atoms with Gasteiger partial charge in [0.1, 0.15) is 17.0 Å². The van der Waals surface area contributed by atoms with Gasteiger partial charge < -0.3 is 19.9 Å². The zero-order valence-corrected chi connectivity index (χ0v) is 19.0. The van der Waals surface area contributed by atoms with E-state index < -0.39 is 17.7 Å². The number of rotatable bonds is 4. The normalized spacial score (nSPS) is 24.8. The zero-order valence-electron chi connectivity index (χ0n) is 19.0. The Bertz CT molecular complexity index is 1100. The van der Waals surface area contributed by atoms with E-state index in [0.29, 0.717) is 30.0 Å². The fourth-order valence-corrected chi connectivity index (χ4v) is 5.55. The Morgan fingerprint density at radius 2 is 1.85 bits per heavy atom. The van der Waals surface area contributed by atoms with Gasteiger partial charge in [-0.05, 0) is 48.9 Å². The number of nitrogens with one attached hydrogen (secondary N) is 1. The lowest BCUT2D eigenvalue weighted by atomic mass is 9.84. The fourth-order valence-electron chi connectivity index (χ4n) is 5.55. The van der Waals surface area contributed by atoms with E-state index in [-0.39, 0.29) is 19.1 Å². The number of ether oxygens (including phenoxy) is 2. The van der Waals surface area contributed by atoms with Crippen LogP contribution >= 0.6 is 0 Å². The first-order chi connectivity index (χ1) is 16.0. The molecule has 8 nitrogen and oxygen atoms in total. The smallest absolute Gasteiger partial charge is 0.326 e. The molecule has 1 fully saturated rings. The molecule has 5 rings (SSSR count). The van der Waals surface area contributed by atoms with Crippen molar-refractivity contribution in [2.24, 2.45) is 0 Å². The largest absolute Gasteiger partial charge is 0.496 e. The molecule has 0 saturated carbocycles. The molecular weight excluding hydrogens is 422 g/mol. The van der Waals surface area contributed by atoms with Gasteiger partial charge in [-0.3, -0.25) is 9.69 Å². The lowest BCUT2D eigenvalue weighted by Crippen LogP contribution is -2.47. The van der Waals surface area contributed by atoms with Gasteiger partial charge in [-0.15, -0.1) is 0 Å². The minimum atomic E-state index is -1.02. The number of aliphatic hydroxyl groups is 1. The predicted molar refractivity (Wildman–Crippen MR) is 121 cm³/mol. The Morgan fingerprint density at radius 3 is 2.64 bits per heavy atom. The molecule has 2 heterocycles. The third kappa shape index (κ3) is 3.45. The van der Waals surface area contributed by atoms with Crippen molar-refractivity contribution < 1.29 is 24.2 Å². The number of amides is 3. The molecule has 2 atom stereocenters. The van der Waals surface area contributed by atoms with E-state index in [9.17, 15) is 14.7 Å². The predicted octanol–water partition coefficient (Wildman–Crippen LogP) is 2.68. The van der Waals surface area contributed by atoms with Crippen molar-refractivity contribution in [3.63, 3.8) is 0 Å². The quantitative estimate of drug-likeness (QED) is 0.695. The maximum atomic E-state index is 13.7. The summed E-state index contributed by atoms with van der Waals surface area (Å²) in [5.41, 5.74) is 2.50. The molecule has 2 unspecified atom stereocenters. The number of hydrogen-bond donors (Lipinski definition) is 2. The van der Waals surface area contributed by atoms with Crippen molar-refractivity contribution in [1.82, 2.24) is 15.1 Å². The van der Waals surface area contributed by atoms with Gasteiger partial charge in [0.2, 0.25) is 0 Å². The number of nitrogens with zero attached hydrogens (tertiary/aromatic N) is 2. The average Bonchev–Trinajstić information content (AvgIpc) is 2.96. The topological polar surface area (TPSA) is 91.3 Å². The molecule has 2 N–H and O–H groups in total. The SMILES string of the molecule is COc1ccc(OC)c2c1CN(CN1C(=O)NC3(CCCCc4ccccc43)C1=O)CC2O. The van der Waals surface area contributed by atoms with Gasteiger partial charge >= 0.3 is 6.03 Å². The minimum absolute atomic E-state index is 0.0887. The second-order valence-corrected chi connectivity index (χ2v) is 8.96. The van der Waals surface area contributed by atoms with Crippen LogP contribution in [0.4, 0.5) is 4.79 Å². The highest BCUT2D eigenvalue weighted by Crippen LogP contribution is 2.41. The molecule has 3 amide bonds. The molecule has 8 heteroatoms. The highest BCUT2D eigenvalue weighted by atomic mass is 16.5. The van der Waals surface area contributed by atoms with Crippen LogP contribution in [0.3, 0.4) is 0 Å². The summed E-state index contributed by atoms with van der Waals surface area (Å²) < 4.78 is 11.0. The summed E-state index contributed by atoms with van der Waals surface area (Å²) in [7, 11) is 3.15. The first kappa shape index (κ1) is 21.7. The average molecular weight is 452 g/mol. The molecule has 174 valence electrons. The molecule has 3 aliphatic rings. The van der Waals surface area contributed by atoms with Crippen molar-refractivity contribution in [3.05, 3.63) is 58.7 Å². The number of imide groups is 1. The Balaban J connectivity index is 1.44. The van der Waals surface area contributed by atoms with Crippen molar-refractivity contribution in [2.45, 2.75) is 43.9 Å². The Kier molecular flexibility index (Phi) is 5.50. The summed E-state index contributed by atoms with van der Waals surface area (Å²) in [6.07, 6.45) is 2.51. The van der Waals surface area contributed by atoms with E-state index in [1.807, 2.05) is 29.2 Å². The van der Waals surface area contributed by atoms with Gasteiger partial charge in [-0.1, -0.05) is 24.3 Å². The molecule has 1 aliphatic carbocycles. The van der Waals surface area contributed by atoms with Crippen LogP contribution in [-0.4, -0.2) is 54.3 Å². The second kappa shape index (κ2) is 8.35. The summed E-state index contributed by atoms with van der Waals surface area (Å²) in [5.74, 6) is 1.02. The third-order valence-corrected chi connectivity index (χ3v) is 7.10. The number of aliphatic hydroxyl groups excluding tert-OH is 1. The summed E-state index contributed by atoms with van der Waals surface area (Å²) in [4.78, 5) is 30.0. The first-order valence-electron chi connectivity index (χ1n) is 11.3. The molecular formula is C25H29N3O5. The summed E-state index contributed by atoms with van der Waals surface area (Å²) in [6.45, 7) is 0.788. The highest BCUT2D eigenvalue weighted by molar-refractivity contribution is 6.07.